The van der Waals surface area contributed by atoms with Crippen molar-refractivity contribution in [3.05, 3.63) is 17.0 Å². The summed E-state index contributed by atoms with van der Waals surface area (Å²) in [5.41, 5.74) is 0.525. The zero-order valence-electron chi connectivity index (χ0n) is 4.34. The third-order valence-electron chi connectivity index (χ3n) is 0.782. The Labute approximate surface area is 61.9 Å². The van der Waals surface area contributed by atoms with E-state index >= 15 is 0 Å². The fourth-order valence-electron chi connectivity index (χ4n) is 0.425. The number of hydrogen-bond donors (Lipinski definition) is 1. The third kappa shape index (κ3) is 1.31. The van der Waals surface area contributed by atoms with Gasteiger partial charge in [0, 0.05) is 5.02 Å². The van der Waals surface area contributed by atoms with Gasteiger partial charge in [0.05, 0.1) is 6.20 Å². The lowest BCUT2D eigenvalue weighted by Crippen LogP contribution is -2.11. The van der Waals surface area contributed by atoms with Crippen LogP contribution in [0.25, 0.3) is 0 Å². The normalized spacial score (nSPS) is 8.00. The minimum atomic E-state index is 0.525. The number of imidazole rings is 1. The monoisotopic (exact) mass is 154 g/mol. The highest BCUT2D eigenvalue weighted by Crippen LogP contribution is 1.43. The second-order valence-corrected chi connectivity index (χ2v) is 1.76. The lowest BCUT2D eigenvalue weighted by Gasteiger charge is -1.59. The Kier molecular flexibility index (Phi) is 1.88. The maximum atomic E-state index is 4.50. The van der Waals surface area contributed by atoms with E-state index < -0.39 is 0 Å². The molecule has 0 radical (unpaired) electrons. The van der Waals surface area contributed by atoms with E-state index in [-0.39, 0.29) is 0 Å². The van der Waals surface area contributed by atoms with Crippen molar-refractivity contribution in [3.63, 3.8) is 0 Å². The molecule has 1 heterocycles. The van der Waals surface area contributed by atoms with Gasteiger partial charge in [-0.3, -0.25) is 0 Å². The van der Waals surface area contributed by atoms with Crippen LogP contribution in [0.2, 0.25) is 0 Å². The highest BCUT2D eigenvalue weighted by Gasteiger charge is 1.77. The first-order valence-corrected chi connectivity index (χ1v) is 3.00. The molecular formula is C5H2N2S2. The molecule has 0 aliphatic carbocycles. The summed E-state index contributed by atoms with van der Waals surface area (Å²) in [7, 11) is 0. The van der Waals surface area contributed by atoms with Crippen LogP contribution in [0.1, 0.15) is 0 Å². The quantitative estimate of drug-likeness (QED) is 0.483. The second-order valence-electron chi connectivity index (χ2n) is 1.35. The van der Waals surface area contributed by atoms with E-state index in [9.17, 15) is 0 Å². The van der Waals surface area contributed by atoms with Gasteiger partial charge in [-0.2, -0.15) is 0 Å². The first-order chi connectivity index (χ1) is 4.36. The van der Waals surface area contributed by atoms with Gasteiger partial charge in [0.2, 0.25) is 0 Å². The topological polar surface area (TPSA) is 28.7 Å². The molecular weight excluding hydrogens is 152 g/mol. The van der Waals surface area contributed by atoms with Crippen molar-refractivity contribution in [1.82, 2.24) is 9.97 Å². The molecule has 0 unspecified atom stereocenters. The van der Waals surface area contributed by atoms with Crippen LogP contribution in [-0.2, 0) is 0 Å². The maximum Gasteiger partial charge on any atom is 0.187 e. The highest BCUT2D eigenvalue weighted by molar-refractivity contribution is 7.78. The summed E-state index contributed by atoms with van der Waals surface area (Å²) in [5.74, 6) is 0. The SMILES string of the molecule is S=C=c1cnc(=C=S)[nH]1. The van der Waals surface area contributed by atoms with Crippen molar-refractivity contribution in [2.75, 3.05) is 0 Å². The van der Waals surface area contributed by atoms with Gasteiger partial charge in [0.15, 0.2) is 5.48 Å². The molecule has 0 aromatic carbocycles. The minimum Gasteiger partial charge on any atom is -0.324 e. The zero-order chi connectivity index (χ0) is 6.69. The number of H-pyrrole nitrogens is 1. The summed E-state index contributed by atoms with van der Waals surface area (Å²) >= 11 is 8.97. The Morgan fingerprint density at radius 2 is 2.22 bits per heavy atom. The zero-order valence-corrected chi connectivity index (χ0v) is 5.97. The largest absolute Gasteiger partial charge is 0.324 e. The van der Waals surface area contributed by atoms with Crippen molar-refractivity contribution < 1.29 is 0 Å². The van der Waals surface area contributed by atoms with E-state index in [2.05, 4.69) is 44.4 Å². The van der Waals surface area contributed by atoms with E-state index in [0.717, 1.165) is 0 Å². The van der Waals surface area contributed by atoms with Gasteiger partial charge in [-0.15, -0.1) is 0 Å². The first kappa shape index (κ1) is 6.33. The van der Waals surface area contributed by atoms with E-state index in [1.165, 1.54) is 0 Å². The van der Waals surface area contributed by atoms with Gasteiger partial charge in [-0.05, 0) is 29.5 Å². The van der Waals surface area contributed by atoms with E-state index in [1.807, 2.05) is 0 Å². The fourth-order valence-corrected chi connectivity index (χ4v) is 0.632. The van der Waals surface area contributed by atoms with E-state index in [0.29, 0.717) is 10.8 Å². The molecule has 1 N–H and O–H groups in total. The molecule has 0 amide bonds. The first-order valence-electron chi connectivity index (χ1n) is 2.18. The predicted molar refractivity (Wildman–Crippen MR) is 41.2 cm³/mol. The number of nitrogens with one attached hydrogen (secondary N) is 1. The molecule has 4 heteroatoms. The smallest absolute Gasteiger partial charge is 0.187 e. The van der Waals surface area contributed by atoms with Crippen molar-refractivity contribution in [2.45, 2.75) is 0 Å². The number of aromatic nitrogens is 2. The summed E-state index contributed by atoms with van der Waals surface area (Å²) in [5, 5.41) is 5.54. The lowest BCUT2D eigenvalue weighted by molar-refractivity contribution is 1.21. The number of rotatable bonds is 0. The molecule has 0 atom stereocenters. The Bertz CT molecular complexity index is 320. The predicted octanol–water partition coefficient (Wildman–Crippen LogP) is -1.05. The van der Waals surface area contributed by atoms with Crippen molar-refractivity contribution in [3.8, 4) is 0 Å². The van der Waals surface area contributed by atoms with Crippen molar-refractivity contribution in [1.29, 1.82) is 0 Å². The average molecular weight is 154 g/mol. The van der Waals surface area contributed by atoms with Crippen LogP contribution >= 0.6 is 24.4 Å². The molecule has 0 saturated carbocycles. The summed E-state index contributed by atoms with van der Waals surface area (Å²) < 4.78 is 0. The number of hydrogen-bond acceptors (Lipinski definition) is 3. The Hall–Kier alpha value is -0.790. The number of thiocarbonyl (C=S) groups is 2. The van der Waals surface area contributed by atoms with Crippen LogP contribution in [0, 0.1) is 0 Å². The van der Waals surface area contributed by atoms with Gasteiger partial charge in [-0.25, -0.2) is 4.98 Å². The van der Waals surface area contributed by atoms with Gasteiger partial charge in [-0.1, -0.05) is 0 Å². The van der Waals surface area contributed by atoms with Crippen molar-refractivity contribution >= 4 is 34.5 Å². The Balaban J connectivity index is 3.69. The summed E-state index contributed by atoms with van der Waals surface area (Å²) in [6.45, 7) is 0. The summed E-state index contributed by atoms with van der Waals surface area (Å²) in [4.78, 5) is 6.58. The molecule has 1 rings (SSSR count). The highest BCUT2D eigenvalue weighted by atomic mass is 32.1. The van der Waals surface area contributed by atoms with Crippen LogP contribution < -0.4 is 10.8 Å². The van der Waals surface area contributed by atoms with Gasteiger partial charge in [0.1, 0.15) is 5.35 Å². The molecule has 0 bridgehead atoms. The minimum absolute atomic E-state index is 0.525. The van der Waals surface area contributed by atoms with Gasteiger partial charge >= 0.3 is 0 Å². The van der Waals surface area contributed by atoms with Crippen molar-refractivity contribution in [2.24, 2.45) is 0 Å². The molecule has 1 aromatic rings. The van der Waals surface area contributed by atoms with Crippen LogP contribution in [0.15, 0.2) is 6.20 Å². The molecule has 9 heavy (non-hydrogen) atoms. The Morgan fingerprint density at radius 3 is 2.56 bits per heavy atom. The number of nitrogens with zero attached hydrogens (tertiary/aromatic N) is 1. The van der Waals surface area contributed by atoms with Gasteiger partial charge < -0.3 is 4.98 Å². The summed E-state index contributed by atoms with van der Waals surface area (Å²) in [6, 6.07) is 0. The van der Waals surface area contributed by atoms with Crippen LogP contribution in [0.5, 0.6) is 0 Å². The fraction of sp³-hybridized carbons (Fsp3) is 0. The molecule has 0 saturated heterocycles. The third-order valence-corrected chi connectivity index (χ3v) is 1.20. The second kappa shape index (κ2) is 2.67. The molecule has 0 spiro atoms. The summed E-state index contributed by atoms with van der Waals surface area (Å²) in [6.07, 6.45) is 1.56. The van der Waals surface area contributed by atoms with E-state index in [1.54, 1.807) is 6.20 Å². The lowest BCUT2D eigenvalue weighted by atomic mass is 10.8. The van der Waals surface area contributed by atoms with Crippen LogP contribution in [0.3, 0.4) is 0 Å². The van der Waals surface area contributed by atoms with Crippen LogP contribution in [-0.4, -0.2) is 20.0 Å². The maximum absolute atomic E-state index is 4.50. The average Bonchev–Trinajstić information content (AvgIpc) is 2.34. The van der Waals surface area contributed by atoms with Crippen LogP contribution in [0.4, 0.5) is 0 Å². The Morgan fingerprint density at radius 1 is 1.44 bits per heavy atom. The molecule has 44 valence electrons. The number of aromatic amines is 1. The molecule has 0 fully saturated rings. The standard InChI is InChI=1S/C5H2N2S2/c8-2-4-1-6-5(3-9)7-4/h1,7H. The molecule has 0 aliphatic rings. The molecule has 1 aromatic heterocycles. The van der Waals surface area contributed by atoms with E-state index in [4.69, 9.17) is 0 Å². The molecule has 2 nitrogen and oxygen atoms in total. The van der Waals surface area contributed by atoms with Gasteiger partial charge in [0.25, 0.3) is 0 Å². The molecule has 0 aliphatic heterocycles.